The first kappa shape index (κ1) is 13.6. The van der Waals surface area contributed by atoms with E-state index in [1.807, 2.05) is 0 Å². The Hall–Kier alpha value is -1.78. The number of ether oxygens (including phenoxy) is 1. The number of hydrogen-bond acceptors (Lipinski definition) is 3. The van der Waals surface area contributed by atoms with Crippen LogP contribution in [-0.4, -0.2) is 18.9 Å². The third-order valence-electron chi connectivity index (χ3n) is 3.25. The zero-order valence-corrected chi connectivity index (χ0v) is 10.5. The van der Waals surface area contributed by atoms with Gasteiger partial charge in [-0.1, -0.05) is 6.07 Å². The summed E-state index contributed by atoms with van der Waals surface area (Å²) in [7, 11) is 1.19. The number of rotatable bonds is 5. The summed E-state index contributed by atoms with van der Waals surface area (Å²) in [5.74, 6) is -3.44. The van der Waals surface area contributed by atoms with Gasteiger partial charge in [-0.2, -0.15) is 0 Å². The minimum atomic E-state index is -1.00. The molecule has 0 amide bonds. The molecule has 1 aromatic rings. The van der Waals surface area contributed by atoms with E-state index in [1.54, 1.807) is 0 Å². The minimum absolute atomic E-state index is 0.0892. The standard InChI is InChI=1S/C14H14F2O3/c1-19-14(18)11(13(17)8-2-3-8)6-9-4-5-10(15)7-12(9)16/h4-5,7-8,11H,2-3,6H2,1H3. The van der Waals surface area contributed by atoms with E-state index in [9.17, 15) is 18.4 Å². The quantitative estimate of drug-likeness (QED) is 0.608. The van der Waals surface area contributed by atoms with Crippen LogP contribution in [0.1, 0.15) is 18.4 Å². The molecule has 1 fully saturated rings. The second kappa shape index (κ2) is 5.47. The first-order valence-electron chi connectivity index (χ1n) is 6.08. The third kappa shape index (κ3) is 3.16. The maximum Gasteiger partial charge on any atom is 0.316 e. The first-order valence-corrected chi connectivity index (χ1v) is 6.08. The Kier molecular flexibility index (Phi) is 3.93. The SMILES string of the molecule is COC(=O)C(Cc1ccc(F)cc1F)C(=O)C1CC1. The van der Waals surface area contributed by atoms with Crippen LogP contribution in [0.15, 0.2) is 18.2 Å². The third-order valence-corrected chi connectivity index (χ3v) is 3.25. The number of ketones is 1. The fraction of sp³-hybridized carbons (Fsp3) is 0.429. The fourth-order valence-corrected chi connectivity index (χ4v) is 2.00. The van der Waals surface area contributed by atoms with Crippen molar-refractivity contribution in [3.8, 4) is 0 Å². The lowest BCUT2D eigenvalue weighted by molar-refractivity contribution is -0.149. The molecule has 0 aliphatic heterocycles. The number of carbonyl (C=O) groups excluding carboxylic acids is 2. The average molecular weight is 268 g/mol. The zero-order valence-electron chi connectivity index (χ0n) is 10.5. The van der Waals surface area contributed by atoms with Crippen LogP contribution < -0.4 is 0 Å². The van der Waals surface area contributed by atoms with Gasteiger partial charge in [-0.3, -0.25) is 9.59 Å². The first-order chi connectivity index (χ1) is 9.02. The van der Waals surface area contributed by atoms with Gasteiger partial charge in [0.05, 0.1) is 7.11 Å². The largest absolute Gasteiger partial charge is 0.468 e. The van der Waals surface area contributed by atoms with Crippen LogP contribution >= 0.6 is 0 Å². The molecule has 0 heterocycles. The predicted octanol–water partition coefficient (Wildman–Crippen LogP) is 2.28. The van der Waals surface area contributed by atoms with E-state index >= 15 is 0 Å². The Balaban J connectivity index is 2.19. The summed E-state index contributed by atoms with van der Waals surface area (Å²) in [5.41, 5.74) is 0.144. The van der Waals surface area contributed by atoms with Crippen molar-refractivity contribution in [3.05, 3.63) is 35.4 Å². The van der Waals surface area contributed by atoms with Crippen molar-refractivity contribution in [2.24, 2.45) is 11.8 Å². The Bertz CT molecular complexity index is 509. The van der Waals surface area contributed by atoms with Gasteiger partial charge in [-0.25, -0.2) is 8.78 Å². The van der Waals surface area contributed by atoms with Gasteiger partial charge in [0.1, 0.15) is 17.6 Å². The van der Waals surface area contributed by atoms with Crippen LogP contribution in [0.5, 0.6) is 0 Å². The molecule has 19 heavy (non-hydrogen) atoms. The summed E-state index contributed by atoms with van der Waals surface area (Å²) in [6, 6.07) is 3.10. The van der Waals surface area contributed by atoms with Crippen LogP contribution in [0.4, 0.5) is 8.78 Å². The van der Waals surface area contributed by atoms with Gasteiger partial charge in [0, 0.05) is 12.0 Å². The molecule has 1 atom stereocenters. The van der Waals surface area contributed by atoms with Crippen LogP contribution in [-0.2, 0) is 20.7 Å². The summed E-state index contributed by atoms with van der Waals surface area (Å²) in [6.07, 6.45) is 1.44. The van der Waals surface area contributed by atoms with Gasteiger partial charge >= 0.3 is 5.97 Å². The number of esters is 1. The summed E-state index contributed by atoms with van der Waals surface area (Å²) < 4.78 is 31.0. The molecule has 0 bridgehead atoms. The number of hydrogen-bond donors (Lipinski definition) is 0. The van der Waals surface area contributed by atoms with E-state index in [4.69, 9.17) is 0 Å². The summed E-state index contributed by atoms with van der Waals surface area (Å²) in [4.78, 5) is 23.6. The normalized spacial score (nSPS) is 15.9. The van der Waals surface area contributed by atoms with Gasteiger partial charge < -0.3 is 4.74 Å². The molecule has 1 aliphatic rings. The molecule has 3 nitrogen and oxygen atoms in total. The van der Waals surface area contributed by atoms with Crippen molar-refractivity contribution in [3.63, 3.8) is 0 Å². The Morgan fingerprint density at radius 3 is 2.58 bits per heavy atom. The van der Waals surface area contributed by atoms with E-state index in [0.717, 1.165) is 25.0 Å². The van der Waals surface area contributed by atoms with Crippen molar-refractivity contribution in [1.29, 1.82) is 0 Å². The van der Waals surface area contributed by atoms with E-state index in [0.29, 0.717) is 0 Å². The van der Waals surface area contributed by atoms with Crippen LogP contribution in [0.2, 0.25) is 0 Å². The fourth-order valence-electron chi connectivity index (χ4n) is 2.00. The molecule has 0 aromatic heterocycles. The van der Waals surface area contributed by atoms with Gasteiger partial charge in [-0.05, 0) is 30.9 Å². The summed E-state index contributed by atoms with van der Waals surface area (Å²) >= 11 is 0. The van der Waals surface area contributed by atoms with Crippen molar-refractivity contribution in [1.82, 2.24) is 0 Å². The van der Waals surface area contributed by atoms with E-state index in [1.165, 1.54) is 13.2 Å². The van der Waals surface area contributed by atoms with Gasteiger partial charge in [0.15, 0.2) is 5.78 Å². The maximum absolute atomic E-state index is 13.6. The van der Waals surface area contributed by atoms with E-state index in [-0.39, 0.29) is 23.7 Å². The van der Waals surface area contributed by atoms with Gasteiger partial charge in [-0.15, -0.1) is 0 Å². The minimum Gasteiger partial charge on any atom is -0.468 e. The highest BCUT2D eigenvalue weighted by Crippen LogP contribution is 2.34. The second-order valence-corrected chi connectivity index (χ2v) is 4.69. The Morgan fingerprint density at radius 2 is 2.05 bits per heavy atom. The lowest BCUT2D eigenvalue weighted by Gasteiger charge is -2.13. The molecule has 0 N–H and O–H groups in total. The molecule has 5 heteroatoms. The van der Waals surface area contributed by atoms with E-state index < -0.39 is 23.5 Å². The van der Waals surface area contributed by atoms with Gasteiger partial charge in [0.25, 0.3) is 0 Å². The highest BCUT2D eigenvalue weighted by atomic mass is 19.1. The molecule has 1 aromatic carbocycles. The van der Waals surface area contributed by atoms with Gasteiger partial charge in [0.2, 0.25) is 0 Å². The highest BCUT2D eigenvalue weighted by molar-refractivity contribution is 6.01. The molecule has 1 unspecified atom stereocenters. The van der Waals surface area contributed by atoms with Crippen LogP contribution in [0.25, 0.3) is 0 Å². The number of carbonyl (C=O) groups is 2. The number of halogens is 2. The molecule has 0 radical (unpaired) electrons. The molecule has 102 valence electrons. The van der Waals surface area contributed by atoms with Crippen LogP contribution in [0, 0.1) is 23.5 Å². The molecule has 0 saturated heterocycles. The van der Waals surface area contributed by atoms with Crippen LogP contribution in [0.3, 0.4) is 0 Å². The Labute approximate surface area is 109 Å². The summed E-state index contributed by atoms with van der Waals surface area (Å²) in [5, 5.41) is 0. The second-order valence-electron chi connectivity index (χ2n) is 4.69. The zero-order chi connectivity index (χ0) is 14.0. The smallest absolute Gasteiger partial charge is 0.316 e. The lowest BCUT2D eigenvalue weighted by Crippen LogP contribution is -2.29. The Morgan fingerprint density at radius 1 is 1.37 bits per heavy atom. The predicted molar refractivity (Wildman–Crippen MR) is 63.3 cm³/mol. The van der Waals surface area contributed by atoms with Crippen molar-refractivity contribution >= 4 is 11.8 Å². The van der Waals surface area contributed by atoms with Crippen molar-refractivity contribution in [2.75, 3.05) is 7.11 Å². The molecule has 0 spiro atoms. The molecular weight excluding hydrogens is 254 g/mol. The average Bonchev–Trinajstić information content (AvgIpc) is 3.20. The lowest BCUT2D eigenvalue weighted by atomic mass is 9.92. The molecular formula is C14H14F2O3. The molecule has 1 saturated carbocycles. The van der Waals surface area contributed by atoms with Crippen molar-refractivity contribution < 1.29 is 23.1 Å². The number of methoxy groups -OCH3 is 1. The molecule has 1 aliphatic carbocycles. The van der Waals surface area contributed by atoms with Crippen molar-refractivity contribution in [2.45, 2.75) is 19.3 Å². The highest BCUT2D eigenvalue weighted by Gasteiger charge is 2.39. The summed E-state index contributed by atoms with van der Waals surface area (Å²) in [6.45, 7) is 0. The maximum atomic E-state index is 13.6. The monoisotopic (exact) mass is 268 g/mol. The topological polar surface area (TPSA) is 43.4 Å². The van der Waals surface area contributed by atoms with E-state index in [2.05, 4.69) is 4.74 Å². The number of Topliss-reactive ketones (excluding diaryl/α,β-unsaturated/α-hetero) is 1. The molecule has 2 rings (SSSR count). The number of benzene rings is 1.